The van der Waals surface area contributed by atoms with Gasteiger partial charge in [0, 0.05) is 11.6 Å². The summed E-state index contributed by atoms with van der Waals surface area (Å²) >= 11 is 6.20. The largest absolute Gasteiger partial charge is 0.507 e. The van der Waals surface area contributed by atoms with E-state index in [-0.39, 0.29) is 20.6 Å². The Labute approximate surface area is 139 Å². The summed E-state index contributed by atoms with van der Waals surface area (Å²) in [5.41, 5.74) is 1.25. The Balaban J connectivity index is 2.15. The van der Waals surface area contributed by atoms with Crippen molar-refractivity contribution >= 4 is 21.4 Å². The highest BCUT2D eigenvalue weighted by atomic mass is 35.5. The number of phenolic OH excluding ortho intramolecular Hbond substituents is 1. The van der Waals surface area contributed by atoms with Gasteiger partial charge in [0.25, 0.3) is 0 Å². The fourth-order valence-corrected chi connectivity index (χ4v) is 4.14. The lowest BCUT2D eigenvalue weighted by atomic mass is 10.1. The molecule has 0 bridgehead atoms. The summed E-state index contributed by atoms with van der Waals surface area (Å²) in [7, 11) is -3.78. The zero-order valence-corrected chi connectivity index (χ0v) is 13.6. The molecule has 0 amide bonds. The molecule has 0 unspecified atom stereocenters. The topological polar surface area (TPSA) is 54.4 Å². The van der Waals surface area contributed by atoms with Crippen molar-refractivity contribution in [3.05, 3.63) is 77.8 Å². The molecule has 3 aromatic rings. The molecular formula is C18H13ClO3S. The zero-order valence-electron chi connectivity index (χ0n) is 12.0. The van der Waals surface area contributed by atoms with Gasteiger partial charge in [-0.3, -0.25) is 0 Å². The van der Waals surface area contributed by atoms with Crippen LogP contribution in [-0.4, -0.2) is 13.5 Å². The van der Waals surface area contributed by atoms with Crippen LogP contribution in [0.15, 0.2) is 82.6 Å². The Morgan fingerprint density at radius 2 is 1.39 bits per heavy atom. The summed E-state index contributed by atoms with van der Waals surface area (Å²) in [6, 6.07) is 19.8. The van der Waals surface area contributed by atoms with Crippen molar-refractivity contribution in [1.29, 1.82) is 0 Å². The molecule has 0 fully saturated rings. The zero-order chi connectivity index (χ0) is 16.4. The third kappa shape index (κ3) is 2.96. The van der Waals surface area contributed by atoms with Gasteiger partial charge in [0.05, 0.1) is 14.8 Å². The van der Waals surface area contributed by atoms with E-state index < -0.39 is 9.84 Å². The first kappa shape index (κ1) is 15.6. The fraction of sp³-hybridized carbons (Fsp3) is 0. The van der Waals surface area contributed by atoms with Gasteiger partial charge in [-0.25, -0.2) is 8.42 Å². The van der Waals surface area contributed by atoms with E-state index >= 15 is 0 Å². The maximum absolute atomic E-state index is 12.7. The normalized spacial score (nSPS) is 11.3. The van der Waals surface area contributed by atoms with Crippen LogP contribution in [0.2, 0.25) is 5.02 Å². The maximum Gasteiger partial charge on any atom is 0.208 e. The highest BCUT2D eigenvalue weighted by molar-refractivity contribution is 7.91. The molecule has 0 saturated heterocycles. The molecule has 0 radical (unpaired) electrons. The van der Waals surface area contributed by atoms with Gasteiger partial charge in [0.15, 0.2) is 0 Å². The number of sulfone groups is 1. The summed E-state index contributed by atoms with van der Waals surface area (Å²) in [6.45, 7) is 0. The first-order chi connectivity index (χ1) is 11.0. The van der Waals surface area contributed by atoms with Crippen LogP contribution in [0.25, 0.3) is 11.1 Å². The van der Waals surface area contributed by atoms with Gasteiger partial charge >= 0.3 is 0 Å². The molecule has 0 atom stereocenters. The van der Waals surface area contributed by atoms with Gasteiger partial charge < -0.3 is 5.11 Å². The molecule has 0 aromatic heterocycles. The summed E-state index contributed by atoms with van der Waals surface area (Å²) in [6.07, 6.45) is 0. The molecule has 0 aliphatic carbocycles. The molecule has 0 saturated carbocycles. The molecular weight excluding hydrogens is 332 g/mol. The third-order valence-corrected chi connectivity index (χ3v) is 5.71. The molecule has 0 aliphatic rings. The lowest BCUT2D eigenvalue weighted by molar-refractivity contribution is 0.475. The quantitative estimate of drug-likeness (QED) is 0.758. The van der Waals surface area contributed by atoms with E-state index in [4.69, 9.17) is 11.6 Å². The van der Waals surface area contributed by atoms with Crippen molar-refractivity contribution in [2.75, 3.05) is 0 Å². The van der Waals surface area contributed by atoms with Crippen LogP contribution < -0.4 is 0 Å². The minimum atomic E-state index is -3.78. The summed E-state index contributed by atoms with van der Waals surface area (Å²) in [5, 5.41) is 10.3. The van der Waals surface area contributed by atoms with E-state index in [0.29, 0.717) is 5.56 Å². The van der Waals surface area contributed by atoms with Crippen molar-refractivity contribution in [2.24, 2.45) is 0 Å². The second kappa shape index (κ2) is 6.07. The van der Waals surface area contributed by atoms with E-state index in [2.05, 4.69) is 0 Å². The number of aromatic hydroxyl groups is 1. The molecule has 5 heteroatoms. The van der Waals surface area contributed by atoms with Crippen LogP contribution in [0.3, 0.4) is 0 Å². The predicted octanol–water partition coefficient (Wildman–Crippen LogP) is 4.55. The highest BCUT2D eigenvalue weighted by Crippen LogP contribution is 2.37. The van der Waals surface area contributed by atoms with Crippen LogP contribution in [0.5, 0.6) is 5.75 Å². The van der Waals surface area contributed by atoms with Crippen LogP contribution in [0.4, 0.5) is 0 Å². The first-order valence-corrected chi connectivity index (χ1v) is 8.74. The number of hydrogen-bond acceptors (Lipinski definition) is 3. The lowest BCUT2D eigenvalue weighted by Crippen LogP contribution is -2.03. The van der Waals surface area contributed by atoms with Crippen LogP contribution in [-0.2, 0) is 9.84 Å². The Bertz CT molecular complexity index is 937. The Morgan fingerprint density at radius 1 is 0.826 bits per heavy atom. The maximum atomic E-state index is 12.7. The minimum Gasteiger partial charge on any atom is -0.507 e. The number of benzene rings is 3. The Kier molecular flexibility index (Phi) is 4.11. The number of rotatable bonds is 3. The van der Waals surface area contributed by atoms with E-state index in [1.807, 2.05) is 30.3 Å². The van der Waals surface area contributed by atoms with Gasteiger partial charge in [0.1, 0.15) is 5.75 Å². The number of hydrogen-bond donors (Lipinski definition) is 1. The van der Waals surface area contributed by atoms with Gasteiger partial charge in [-0.1, -0.05) is 60.1 Å². The number of phenols is 1. The minimum absolute atomic E-state index is 0.0745. The third-order valence-electron chi connectivity index (χ3n) is 3.48. The lowest BCUT2D eigenvalue weighted by Gasteiger charge is -2.11. The van der Waals surface area contributed by atoms with Gasteiger partial charge in [0.2, 0.25) is 9.84 Å². The molecule has 0 aliphatic heterocycles. The van der Waals surface area contributed by atoms with E-state index in [1.54, 1.807) is 18.2 Å². The molecule has 0 spiro atoms. The molecule has 1 N–H and O–H groups in total. The highest BCUT2D eigenvalue weighted by Gasteiger charge is 2.23. The smallest absolute Gasteiger partial charge is 0.208 e. The average Bonchev–Trinajstić information content (AvgIpc) is 2.58. The monoisotopic (exact) mass is 344 g/mol. The van der Waals surface area contributed by atoms with Crippen molar-refractivity contribution in [3.8, 4) is 16.9 Å². The standard InChI is InChI=1S/C18H13ClO3S/c19-16-11-15(13-7-3-1-4-8-13)17(20)12-18(16)23(21,22)14-9-5-2-6-10-14/h1-12,20H. The SMILES string of the molecule is O=S(=O)(c1ccccc1)c1cc(O)c(-c2ccccc2)cc1Cl. The molecule has 116 valence electrons. The molecule has 3 nitrogen and oxygen atoms in total. The molecule has 3 rings (SSSR count). The first-order valence-electron chi connectivity index (χ1n) is 6.88. The van der Waals surface area contributed by atoms with Gasteiger partial charge in [-0.15, -0.1) is 0 Å². The molecule has 0 heterocycles. The van der Waals surface area contributed by atoms with Gasteiger partial charge in [-0.2, -0.15) is 0 Å². The summed E-state index contributed by atoms with van der Waals surface area (Å²) in [4.78, 5) is 0.0244. The van der Waals surface area contributed by atoms with Gasteiger partial charge in [-0.05, 0) is 23.8 Å². The summed E-state index contributed by atoms with van der Waals surface area (Å²) < 4.78 is 25.3. The van der Waals surface area contributed by atoms with Crippen molar-refractivity contribution in [3.63, 3.8) is 0 Å². The predicted molar refractivity (Wildman–Crippen MR) is 90.4 cm³/mol. The van der Waals surface area contributed by atoms with Crippen LogP contribution in [0.1, 0.15) is 0 Å². The summed E-state index contributed by atoms with van der Waals surface area (Å²) in [5.74, 6) is -0.130. The molecule has 3 aromatic carbocycles. The van der Waals surface area contributed by atoms with E-state index in [9.17, 15) is 13.5 Å². The Hall–Kier alpha value is -2.30. The average molecular weight is 345 g/mol. The number of halogens is 1. The molecule has 23 heavy (non-hydrogen) atoms. The van der Waals surface area contributed by atoms with Crippen molar-refractivity contribution in [1.82, 2.24) is 0 Å². The van der Waals surface area contributed by atoms with Crippen LogP contribution >= 0.6 is 11.6 Å². The fourth-order valence-electron chi connectivity index (χ4n) is 2.32. The van der Waals surface area contributed by atoms with E-state index in [1.165, 1.54) is 24.3 Å². The van der Waals surface area contributed by atoms with Crippen molar-refractivity contribution in [2.45, 2.75) is 9.79 Å². The Morgan fingerprint density at radius 3 is 2.00 bits per heavy atom. The second-order valence-corrected chi connectivity index (χ2v) is 7.31. The second-order valence-electron chi connectivity index (χ2n) is 4.98. The van der Waals surface area contributed by atoms with E-state index in [0.717, 1.165) is 5.56 Å². The van der Waals surface area contributed by atoms with Crippen LogP contribution in [0, 0.1) is 0 Å². The van der Waals surface area contributed by atoms with Crippen molar-refractivity contribution < 1.29 is 13.5 Å².